The van der Waals surface area contributed by atoms with Crippen molar-refractivity contribution < 1.29 is 4.74 Å². The quantitative estimate of drug-likeness (QED) is 0.589. The van der Waals surface area contributed by atoms with E-state index in [4.69, 9.17) is 16.3 Å². The molecule has 1 aromatic carbocycles. The van der Waals surface area contributed by atoms with Gasteiger partial charge in [0, 0.05) is 55.2 Å². The van der Waals surface area contributed by atoms with E-state index in [-0.39, 0.29) is 0 Å². The van der Waals surface area contributed by atoms with E-state index in [1.54, 1.807) is 13.2 Å². The lowest BCUT2D eigenvalue weighted by atomic mass is 10.2. The molecule has 144 valence electrons. The summed E-state index contributed by atoms with van der Waals surface area (Å²) in [6.45, 7) is 5.06. The van der Waals surface area contributed by atoms with E-state index in [1.807, 2.05) is 37.3 Å². The molecule has 2 aromatic rings. The average Bonchev–Trinajstić information content (AvgIpc) is 3.15. The van der Waals surface area contributed by atoms with Crippen LogP contribution in [0.4, 0.5) is 5.69 Å². The van der Waals surface area contributed by atoms with Crippen LogP contribution in [-0.4, -0.2) is 43.7 Å². The van der Waals surface area contributed by atoms with Gasteiger partial charge < -0.3 is 20.3 Å². The largest absolute Gasteiger partial charge is 0.478 e. The van der Waals surface area contributed by atoms with Crippen molar-refractivity contribution in [3.8, 4) is 5.88 Å². The van der Waals surface area contributed by atoms with Gasteiger partial charge >= 0.3 is 0 Å². The van der Waals surface area contributed by atoms with E-state index in [0.29, 0.717) is 25.1 Å². The summed E-state index contributed by atoms with van der Waals surface area (Å²) < 4.78 is 5.58. The highest BCUT2D eigenvalue weighted by Crippen LogP contribution is 2.23. The molecule has 2 heterocycles. The maximum Gasteiger partial charge on any atom is 0.218 e. The molecule has 7 heteroatoms. The van der Waals surface area contributed by atoms with Gasteiger partial charge in [0.25, 0.3) is 0 Å². The average molecular weight is 388 g/mol. The number of halogens is 1. The molecular weight excluding hydrogens is 362 g/mol. The van der Waals surface area contributed by atoms with Crippen molar-refractivity contribution >= 4 is 23.2 Å². The van der Waals surface area contributed by atoms with Gasteiger partial charge in [-0.25, -0.2) is 4.98 Å². The molecule has 1 atom stereocenters. The first-order valence-corrected chi connectivity index (χ1v) is 9.61. The van der Waals surface area contributed by atoms with Crippen LogP contribution in [0.1, 0.15) is 18.9 Å². The van der Waals surface area contributed by atoms with Crippen LogP contribution in [0.25, 0.3) is 0 Å². The molecule has 0 radical (unpaired) electrons. The summed E-state index contributed by atoms with van der Waals surface area (Å²) in [5.41, 5.74) is 2.17. The summed E-state index contributed by atoms with van der Waals surface area (Å²) in [5.74, 6) is 1.44. The minimum Gasteiger partial charge on any atom is -0.478 e. The number of hydrogen-bond donors (Lipinski definition) is 2. The van der Waals surface area contributed by atoms with Crippen LogP contribution in [0.15, 0.2) is 47.6 Å². The first kappa shape index (κ1) is 19.3. The normalized spacial score (nSPS) is 17.1. The number of aliphatic imine (C=N–C) groups is 1. The highest BCUT2D eigenvalue weighted by Gasteiger charge is 2.23. The van der Waals surface area contributed by atoms with Crippen LogP contribution in [0, 0.1) is 0 Å². The number of nitrogens with one attached hydrogen (secondary N) is 2. The number of rotatable bonds is 6. The summed E-state index contributed by atoms with van der Waals surface area (Å²) in [6.07, 6.45) is 2.79. The Morgan fingerprint density at radius 1 is 1.37 bits per heavy atom. The van der Waals surface area contributed by atoms with Gasteiger partial charge in [0.1, 0.15) is 0 Å². The van der Waals surface area contributed by atoms with Crippen LogP contribution in [0.3, 0.4) is 0 Å². The highest BCUT2D eigenvalue weighted by atomic mass is 35.5. The van der Waals surface area contributed by atoms with Gasteiger partial charge in [0.05, 0.1) is 6.61 Å². The molecule has 1 aliphatic heterocycles. The first-order chi connectivity index (χ1) is 13.2. The van der Waals surface area contributed by atoms with Crippen LogP contribution in [0.5, 0.6) is 5.88 Å². The van der Waals surface area contributed by atoms with E-state index in [1.165, 1.54) is 0 Å². The van der Waals surface area contributed by atoms with Gasteiger partial charge in [-0.1, -0.05) is 23.7 Å². The second-order valence-corrected chi connectivity index (χ2v) is 6.82. The van der Waals surface area contributed by atoms with Crippen molar-refractivity contribution in [3.05, 3.63) is 53.2 Å². The molecule has 0 spiro atoms. The van der Waals surface area contributed by atoms with Gasteiger partial charge in [-0.05, 0) is 37.6 Å². The number of hydrogen-bond acceptors (Lipinski definition) is 4. The zero-order valence-electron chi connectivity index (χ0n) is 15.8. The van der Waals surface area contributed by atoms with Gasteiger partial charge in [-0.3, -0.25) is 4.99 Å². The van der Waals surface area contributed by atoms with Crippen molar-refractivity contribution in [2.24, 2.45) is 4.99 Å². The van der Waals surface area contributed by atoms with E-state index >= 15 is 0 Å². The minimum atomic E-state index is 0.329. The Kier molecular flexibility index (Phi) is 6.76. The lowest BCUT2D eigenvalue weighted by Gasteiger charge is -2.20. The summed E-state index contributed by atoms with van der Waals surface area (Å²) in [6, 6.07) is 12.2. The standard InChI is InChI=1S/C20H26ClN5O/c1-3-27-19-15(6-5-10-23-19)13-24-20(22-2)25-17-9-11-26(14-17)18-8-4-7-16(21)12-18/h4-8,10,12,17H,3,9,11,13-14H2,1-2H3,(H2,22,24,25). The molecule has 1 fully saturated rings. The third-order valence-corrected chi connectivity index (χ3v) is 4.74. The number of aromatic nitrogens is 1. The molecule has 1 unspecified atom stereocenters. The predicted octanol–water partition coefficient (Wildman–Crippen LogP) is 3.08. The maximum absolute atomic E-state index is 6.11. The Morgan fingerprint density at radius 2 is 2.26 bits per heavy atom. The van der Waals surface area contributed by atoms with Crippen LogP contribution in [0.2, 0.25) is 5.02 Å². The van der Waals surface area contributed by atoms with Crippen LogP contribution < -0.4 is 20.3 Å². The number of pyridine rings is 1. The van der Waals surface area contributed by atoms with E-state index in [9.17, 15) is 0 Å². The maximum atomic E-state index is 6.11. The molecule has 3 rings (SSSR count). The molecule has 0 saturated carbocycles. The summed E-state index contributed by atoms with van der Waals surface area (Å²) in [7, 11) is 1.78. The molecule has 1 aromatic heterocycles. The second kappa shape index (κ2) is 9.46. The van der Waals surface area contributed by atoms with E-state index in [2.05, 4.69) is 31.6 Å². The van der Waals surface area contributed by atoms with Crippen molar-refractivity contribution in [2.75, 3.05) is 31.6 Å². The third kappa shape index (κ3) is 5.26. The minimum absolute atomic E-state index is 0.329. The highest BCUT2D eigenvalue weighted by molar-refractivity contribution is 6.30. The lowest BCUT2D eigenvalue weighted by molar-refractivity contribution is 0.322. The molecule has 0 amide bonds. The van der Waals surface area contributed by atoms with Gasteiger partial charge in [-0.15, -0.1) is 0 Å². The van der Waals surface area contributed by atoms with Gasteiger partial charge in [-0.2, -0.15) is 0 Å². The molecule has 0 bridgehead atoms. The van der Waals surface area contributed by atoms with E-state index < -0.39 is 0 Å². The Hall–Kier alpha value is -2.47. The molecule has 27 heavy (non-hydrogen) atoms. The van der Waals surface area contributed by atoms with Gasteiger partial charge in [0.15, 0.2) is 5.96 Å². The number of benzene rings is 1. The SMILES string of the molecule is CCOc1ncccc1CNC(=NC)NC1CCN(c2cccc(Cl)c2)C1. The fraction of sp³-hybridized carbons (Fsp3) is 0.400. The van der Waals surface area contributed by atoms with Crippen molar-refractivity contribution in [1.82, 2.24) is 15.6 Å². The first-order valence-electron chi connectivity index (χ1n) is 9.24. The second-order valence-electron chi connectivity index (χ2n) is 6.38. The smallest absolute Gasteiger partial charge is 0.218 e. The number of anilines is 1. The summed E-state index contributed by atoms with van der Waals surface area (Å²) in [4.78, 5) is 11.0. The molecule has 2 N–H and O–H groups in total. The van der Waals surface area contributed by atoms with Crippen LogP contribution >= 0.6 is 11.6 Å². The predicted molar refractivity (Wildman–Crippen MR) is 111 cm³/mol. The Bertz CT molecular complexity index is 782. The summed E-state index contributed by atoms with van der Waals surface area (Å²) >= 11 is 6.11. The van der Waals surface area contributed by atoms with Crippen molar-refractivity contribution in [3.63, 3.8) is 0 Å². The van der Waals surface area contributed by atoms with Gasteiger partial charge in [0.2, 0.25) is 5.88 Å². The van der Waals surface area contributed by atoms with Crippen LogP contribution in [-0.2, 0) is 6.54 Å². The van der Waals surface area contributed by atoms with Crippen molar-refractivity contribution in [1.29, 1.82) is 0 Å². The molecule has 1 saturated heterocycles. The van der Waals surface area contributed by atoms with E-state index in [0.717, 1.165) is 41.7 Å². The Morgan fingerprint density at radius 3 is 3.04 bits per heavy atom. The molecule has 0 aliphatic carbocycles. The Labute approximate surface area is 165 Å². The lowest BCUT2D eigenvalue weighted by Crippen LogP contribution is -2.44. The monoisotopic (exact) mass is 387 g/mol. The summed E-state index contributed by atoms with van der Waals surface area (Å²) in [5, 5.41) is 7.63. The molecule has 1 aliphatic rings. The van der Waals surface area contributed by atoms with Crippen molar-refractivity contribution in [2.45, 2.75) is 25.9 Å². The third-order valence-electron chi connectivity index (χ3n) is 4.50. The fourth-order valence-electron chi connectivity index (χ4n) is 3.18. The number of ether oxygens (including phenoxy) is 1. The number of nitrogens with zero attached hydrogens (tertiary/aromatic N) is 3. The molecule has 6 nitrogen and oxygen atoms in total. The topological polar surface area (TPSA) is 61.8 Å². The molecular formula is C20H26ClN5O. The fourth-order valence-corrected chi connectivity index (χ4v) is 3.36. The number of guanidine groups is 1. The zero-order chi connectivity index (χ0) is 19.1. The zero-order valence-corrected chi connectivity index (χ0v) is 16.5. The Balaban J connectivity index is 1.54.